The third-order valence-corrected chi connectivity index (χ3v) is 6.33. The molecule has 1 fully saturated rings. The number of carbonyl (C=O) groups excluding carboxylic acids is 2. The Balaban J connectivity index is 1.64. The Bertz CT molecular complexity index is 722. The van der Waals surface area contributed by atoms with Crippen LogP contribution < -0.4 is 5.32 Å². The number of thiophene rings is 1. The van der Waals surface area contributed by atoms with E-state index in [1.54, 1.807) is 11.8 Å². The molecule has 2 amide bonds. The molecular formula is C18H25N3O4S. The number of carbonyl (C=O) groups is 3. The quantitative estimate of drug-likeness (QED) is 0.831. The number of nitrogens with zero attached hydrogens (tertiary/aromatic N) is 2. The van der Waals surface area contributed by atoms with Gasteiger partial charge in [0.15, 0.2) is 0 Å². The smallest absolute Gasteiger partial charge is 0.339 e. The number of rotatable bonds is 4. The summed E-state index contributed by atoms with van der Waals surface area (Å²) in [4.78, 5) is 40.4. The van der Waals surface area contributed by atoms with E-state index in [1.165, 1.54) is 11.3 Å². The first kappa shape index (κ1) is 18.8. The molecular weight excluding hydrogens is 354 g/mol. The second kappa shape index (κ2) is 7.75. The molecule has 1 aromatic rings. The lowest BCUT2D eigenvalue weighted by Gasteiger charge is -2.33. The summed E-state index contributed by atoms with van der Waals surface area (Å²) in [6.45, 7) is 6.47. The third kappa shape index (κ3) is 4.07. The average Bonchev–Trinajstić information content (AvgIpc) is 2.91. The Labute approximate surface area is 157 Å². The van der Waals surface area contributed by atoms with Crippen LogP contribution in [0.4, 0.5) is 5.00 Å². The van der Waals surface area contributed by atoms with Gasteiger partial charge in [-0.05, 0) is 30.7 Å². The minimum Gasteiger partial charge on any atom is -0.478 e. The van der Waals surface area contributed by atoms with Gasteiger partial charge in [-0.2, -0.15) is 0 Å². The van der Waals surface area contributed by atoms with Crippen molar-refractivity contribution in [3.05, 3.63) is 16.0 Å². The zero-order valence-corrected chi connectivity index (χ0v) is 16.0. The zero-order chi connectivity index (χ0) is 18.8. The Morgan fingerprint density at radius 2 is 1.92 bits per heavy atom. The predicted octanol–water partition coefficient (Wildman–Crippen LogP) is 1.67. The van der Waals surface area contributed by atoms with Crippen LogP contribution in [-0.2, 0) is 22.4 Å². The SMILES string of the molecule is CC(=O)N1CCN(CC(=O)Nc2sc3c(c2C(=O)O)CCC(C)C3)CC1. The molecule has 0 radical (unpaired) electrons. The first-order valence-corrected chi connectivity index (χ1v) is 9.82. The van der Waals surface area contributed by atoms with Crippen molar-refractivity contribution in [1.82, 2.24) is 9.80 Å². The van der Waals surface area contributed by atoms with Crippen molar-refractivity contribution in [3.8, 4) is 0 Å². The maximum Gasteiger partial charge on any atom is 0.339 e. The fourth-order valence-corrected chi connectivity index (χ4v) is 5.07. The van der Waals surface area contributed by atoms with Gasteiger partial charge in [0.05, 0.1) is 12.1 Å². The minimum absolute atomic E-state index is 0.0543. The molecule has 142 valence electrons. The van der Waals surface area contributed by atoms with Gasteiger partial charge in [0, 0.05) is 38.0 Å². The number of nitrogens with one attached hydrogen (secondary N) is 1. The highest BCUT2D eigenvalue weighted by Crippen LogP contribution is 2.39. The third-order valence-electron chi connectivity index (χ3n) is 5.16. The van der Waals surface area contributed by atoms with E-state index in [-0.39, 0.29) is 23.9 Å². The number of anilines is 1. The summed E-state index contributed by atoms with van der Waals surface area (Å²) in [5.41, 5.74) is 1.16. The normalized spacial score (nSPS) is 20.5. The topological polar surface area (TPSA) is 90.0 Å². The van der Waals surface area contributed by atoms with Crippen molar-refractivity contribution in [2.45, 2.75) is 33.1 Å². The average molecular weight is 379 g/mol. The van der Waals surface area contributed by atoms with Crippen molar-refractivity contribution >= 4 is 34.1 Å². The van der Waals surface area contributed by atoms with Crippen LogP contribution in [0.15, 0.2) is 0 Å². The zero-order valence-electron chi connectivity index (χ0n) is 15.2. The molecule has 7 nitrogen and oxygen atoms in total. The van der Waals surface area contributed by atoms with Gasteiger partial charge < -0.3 is 15.3 Å². The summed E-state index contributed by atoms with van der Waals surface area (Å²) in [6, 6.07) is 0. The van der Waals surface area contributed by atoms with Gasteiger partial charge in [-0.15, -0.1) is 11.3 Å². The fraction of sp³-hybridized carbons (Fsp3) is 0.611. The van der Waals surface area contributed by atoms with Crippen molar-refractivity contribution in [2.75, 3.05) is 38.0 Å². The monoisotopic (exact) mass is 379 g/mol. The van der Waals surface area contributed by atoms with Gasteiger partial charge in [0.25, 0.3) is 0 Å². The number of carboxylic acids is 1. The molecule has 3 rings (SSSR count). The largest absolute Gasteiger partial charge is 0.478 e. The Morgan fingerprint density at radius 3 is 2.54 bits per heavy atom. The molecule has 26 heavy (non-hydrogen) atoms. The number of hydrogen-bond acceptors (Lipinski definition) is 5. The summed E-state index contributed by atoms with van der Waals surface area (Å²) in [5, 5.41) is 12.9. The van der Waals surface area contributed by atoms with Crippen LogP contribution in [0.1, 0.15) is 41.1 Å². The number of amides is 2. The van der Waals surface area contributed by atoms with E-state index in [2.05, 4.69) is 12.2 Å². The highest BCUT2D eigenvalue weighted by Gasteiger charge is 2.28. The Morgan fingerprint density at radius 1 is 1.23 bits per heavy atom. The van der Waals surface area contributed by atoms with Crippen LogP contribution in [0.25, 0.3) is 0 Å². The van der Waals surface area contributed by atoms with Gasteiger partial charge in [-0.25, -0.2) is 4.79 Å². The van der Waals surface area contributed by atoms with Crippen molar-refractivity contribution in [2.24, 2.45) is 5.92 Å². The Hall–Kier alpha value is -1.93. The first-order chi connectivity index (χ1) is 12.3. The summed E-state index contributed by atoms with van der Waals surface area (Å²) in [7, 11) is 0. The lowest BCUT2D eigenvalue weighted by atomic mass is 9.88. The van der Waals surface area contributed by atoms with Crippen LogP contribution in [0, 0.1) is 5.92 Å². The molecule has 8 heteroatoms. The fourth-order valence-electron chi connectivity index (χ4n) is 3.66. The molecule has 0 saturated carbocycles. The summed E-state index contributed by atoms with van der Waals surface area (Å²) < 4.78 is 0. The highest BCUT2D eigenvalue weighted by molar-refractivity contribution is 7.17. The van der Waals surface area contributed by atoms with Crippen LogP contribution in [0.5, 0.6) is 0 Å². The molecule has 1 atom stereocenters. The first-order valence-electron chi connectivity index (χ1n) is 9.00. The predicted molar refractivity (Wildman–Crippen MR) is 99.8 cm³/mol. The second-order valence-electron chi connectivity index (χ2n) is 7.19. The van der Waals surface area contributed by atoms with E-state index in [0.717, 1.165) is 29.7 Å². The molecule has 1 aliphatic carbocycles. The van der Waals surface area contributed by atoms with Crippen LogP contribution >= 0.6 is 11.3 Å². The lowest BCUT2D eigenvalue weighted by molar-refractivity contribution is -0.130. The van der Waals surface area contributed by atoms with Gasteiger partial charge >= 0.3 is 5.97 Å². The molecule has 2 aliphatic rings. The highest BCUT2D eigenvalue weighted by atomic mass is 32.1. The standard InChI is InChI=1S/C18H25N3O4S/c1-11-3-4-13-14(9-11)26-17(16(13)18(24)25)19-15(23)10-20-5-7-21(8-6-20)12(2)22/h11H,3-10H2,1-2H3,(H,19,23)(H,24,25). The van der Waals surface area contributed by atoms with Gasteiger partial charge in [-0.1, -0.05) is 6.92 Å². The lowest BCUT2D eigenvalue weighted by Crippen LogP contribution is -2.49. The molecule has 1 aromatic heterocycles. The van der Waals surface area contributed by atoms with E-state index in [9.17, 15) is 19.5 Å². The summed E-state index contributed by atoms with van der Waals surface area (Å²) >= 11 is 1.40. The molecule has 2 N–H and O–H groups in total. The number of fused-ring (bicyclic) bond motifs is 1. The Kier molecular flexibility index (Phi) is 5.62. The van der Waals surface area contributed by atoms with Gasteiger partial charge in [0.2, 0.25) is 11.8 Å². The number of piperazine rings is 1. The van der Waals surface area contributed by atoms with E-state index >= 15 is 0 Å². The summed E-state index contributed by atoms with van der Waals surface area (Å²) in [5.74, 6) is -0.569. The van der Waals surface area contributed by atoms with Gasteiger partial charge in [0.1, 0.15) is 5.00 Å². The number of carboxylic acid groups (broad SMARTS) is 1. The molecule has 0 aromatic carbocycles. The minimum atomic E-state index is -0.970. The molecule has 1 unspecified atom stereocenters. The van der Waals surface area contributed by atoms with Crippen molar-refractivity contribution in [1.29, 1.82) is 0 Å². The maximum absolute atomic E-state index is 12.4. The van der Waals surface area contributed by atoms with Gasteiger partial charge in [-0.3, -0.25) is 14.5 Å². The van der Waals surface area contributed by atoms with E-state index in [4.69, 9.17) is 0 Å². The van der Waals surface area contributed by atoms with Crippen molar-refractivity contribution in [3.63, 3.8) is 0 Å². The van der Waals surface area contributed by atoms with Crippen LogP contribution in [0.3, 0.4) is 0 Å². The van der Waals surface area contributed by atoms with E-state index in [0.29, 0.717) is 37.1 Å². The molecule has 1 aliphatic heterocycles. The molecule has 1 saturated heterocycles. The van der Waals surface area contributed by atoms with Crippen LogP contribution in [-0.4, -0.2) is 65.4 Å². The number of hydrogen-bond donors (Lipinski definition) is 2. The van der Waals surface area contributed by atoms with E-state index < -0.39 is 5.97 Å². The van der Waals surface area contributed by atoms with Crippen molar-refractivity contribution < 1.29 is 19.5 Å². The van der Waals surface area contributed by atoms with E-state index in [1.807, 2.05) is 4.90 Å². The maximum atomic E-state index is 12.4. The van der Waals surface area contributed by atoms with Crippen LogP contribution in [0.2, 0.25) is 0 Å². The molecule has 2 heterocycles. The molecule has 0 bridgehead atoms. The number of aromatic carboxylic acids is 1. The summed E-state index contributed by atoms with van der Waals surface area (Å²) in [6.07, 6.45) is 2.62. The molecule has 0 spiro atoms. The second-order valence-corrected chi connectivity index (χ2v) is 8.30.